The second-order valence-corrected chi connectivity index (χ2v) is 6.74. The van der Waals surface area contributed by atoms with Gasteiger partial charge in [-0.3, -0.25) is 4.90 Å². The van der Waals surface area contributed by atoms with Gasteiger partial charge in [0.05, 0.1) is 6.61 Å². The fraction of sp³-hybridized carbons (Fsp3) is 0.812. The van der Waals surface area contributed by atoms with Crippen LogP contribution < -0.4 is 10.6 Å². The third kappa shape index (κ3) is 4.20. The second kappa shape index (κ2) is 7.27. The highest BCUT2D eigenvalue weighted by Crippen LogP contribution is 2.37. The number of piperidine rings is 1. The Hall–Kier alpha value is -1.07. The number of hydrogen-bond acceptors (Lipinski definition) is 3. The molecule has 0 aromatic rings. The van der Waals surface area contributed by atoms with Gasteiger partial charge in [-0.05, 0) is 25.7 Å². The topological polar surface area (TPSA) is 64.6 Å². The van der Waals surface area contributed by atoms with E-state index in [9.17, 15) is 9.90 Å². The molecule has 5 heteroatoms. The van der Waals surface area contributed by atoms with E-state index >= 15 is 0 Å². The van der Waals surface area contributed by atoms with Crippen LogP contribution >= 0.6 is 0 Å². The Morgan fingerprint density at radius 3 is 2.71 bits per heavy atom. The first-order chi connectivity index (χ1) is 10.1. The van der Waals surface area contributed by atoms with Crippen molar-refractivity contribution in [3.8, 4) is 0 Å². The predicted molar refractivity (Wildman–Crippen MR) is 84.2 cm³/mol. The summed E-state index contributed by atoms with van der Waals surface area (Å²) >= 11 is 0. The molecule has 120 valence electrons. The summed E-state index contributed by atoms with van der Waals surface area (Å²) in [5, 5.41) is 15.7. The lowest BCUT2D eigenvalue weighted by atomic mass is 9.86. The van der Waals surface area contributed by atoms with Crippen LogP contribution in [0.4, 0.5) is 4.79 Å². The Labute approximate surface area is 127 Å². The summed E-state index contributed by atoms with van der Waals surface area (Å²) in [5.41, 5.74) is -0.162. The van der Waals surface area contributed by atoms with Crippen LogP contribution in [0.2, 0.25) is 0 Å². The summed E-state index contributed by atoms with van der Waals surface area (Å²) in [5.74, 6) is 0. The summed E-state index contributed by atoms with van der Waals surface area (Å²) in [6, 6.07) is 0.264. The quantitative estimate of drug-likeness (QED) is 0.673. The highest BCUT2D eigenvalue weighted by molar-refractivity contribution is 5.74. The van der Waals surface area contributed by atoms with Gasteiger partial charge in [0.2, 0.25) is 0 Å². The van der Waals surface area contributed by atoms with Gasteiger partial charge in [-0.25, -0.2) is 4.79 Å². The van der Waals surface area contributed by atoms with Crippen LogP contribution in [0.3, 0.4) is 0 Å². The number of amides is 2. The van der Waals surface area contributed by atoms with E-state index < -0.39 is 0 Å². The van der Waals surface area contributed by atoms with Crippen LogP contribution in [0.1, 0.15) is 39.0 Å². The summed E-state index contributed by atoms with van der Waals surface area (Å²) in [4.78, 5) is 14.5. The van der Waals surface area contributed by atoms with Crippen LogP contribution in [-0.4, -0.2) is 54.4 Å². The van der Waals surface area contributed by atoms with Gasteiger partial charge < -0.3 is 15.7 Å². The zero-order valence-electron chi connectivity index (χ0n) is 13.1. The molecule has 1 aliphatic heterocycles. The number of likely N-dealkylation sites (tertiary alicyclic amines) is 1. The SMILES string of the molecule is C=CCN1CCC(NC(=O)NC2CCCC2(C)CO)CC1. The van der Waals surface area contributed by atoms with Gasteiger partial charge in [0.15, 0.2) is 0 Å². The Kier molecular flexibility index (Phi) is 5.65. The zero-order valence-corrected chi connectivity index (χ0v) is 13.1. The van der Waals surface area contributed by atoms with Gasteiger partial charge in [-0.1, -0.05) is 19.4 Å². The standard InChI is InChI=1S/C16H29N3O2/c1-3-9-19-10-6-13(7-11-19)17-15(21)18-14-5-4-8-16(14,2)12-20/h3,13-14,20H,1,4-12H2,2H3,(H2,17,18,21). The normalized spacial score (nSPS) is 31.0. The third-order valence-electron chi connectivity index (χ3n) is 5.06. The van der Waals surface area contributed by atoms with Crippen molar-refractivity contribution in [1.29, 1.82) is 0 Å². The Morgan fingerprint density at radius 2 is 2.10 bits per heavy atom. The number of nitrogens with one attached hydrogen (secondary N) is 2. The zero-order chi connectivity index (χ0) is 15.3. The Bertz CT molecular complexity index is 367. The lowest BCUT2D eigenvalue weighted by Gasteiger charge is -2.33. The molecule has 1 heterocycles. The minimum atomic E-state index is -0.162. The molecule has 1 aliphatic carbocycles. The van der Waals surface area contributed by atoms with Crippen molar-refractivity contribution in [3.63, 3.8) is 0 Å². The van der Waals surface area contributed by atoms with Gasteiger partial charge >= 0.3 is 6.03 Å². The number of carbonyl (C=O) groups excluding carboxylic acids is 1. The molecule has 1 saturated carbocycles. The summed E-state index contributed by atoms with van der Waals surface area (Å²) in [6.07, 6.45) is 6.92. The lowest BCUT2D eigenvalue weighted by molar-refractivity contribution is 0.120. The Morgan fingerprint density at radius 1 is 1.38 bits per heavy atom. The maximum atomic E-state index is 12.1. The van der Waals surface area contributed by atoms with Crippen LogP contribution in [0, 0.1) is 5.41 Å². The maximum Gasteiger partial charge on any atom is 0.315 e. The number of nitrogens with zero attached hydrogens (tertiary/aromatic N) is 1. The van der Waals surface area contributed by atoms with Crippen molar-refractivity contribution >= 4 is 6.03 Å². The van der Waals surface area contributed by atoms with E-state index in [1.54, 1.807) is 0 Å². The number of rotatable bonds is 5. The summed E-state index contributed by atoms with van der Waals surface area (Å²) in [7, 11) is 0. The molecule has 0 spiro atoms. The van der Waals surface area contributed by atoms with E-state index in [1.165, 1.54) is 0 Å². The average molecular weight is 295 g/mol. The van der Waals surface area contributed by atoms with Gasteiger partial charge in [-0.2, -0.15) is 0 Å². The van der Waals surface area contributed by atoms with Crippen molar-refractivity contribution in [2.75, 3.05) is 26.2 Å². The predicted octanol–water partition coefficient (Wildman–Crippen LogP) is 1.49. The highest BCUT2D eigenvalue weighted by atomic mass is 16.3. The van der Waals surface area contributed by atoms with Gasteiger partial charge in [0.1, 0.15) is 0 Å². The van der Waals surface area contributed by atoms with E-state index in [1.807, 2.05) is 6.08 Å². The largest absolute Gasteiger partial charge is 0.396 e. The third-order valence-corrected chi connectivity index (χ3v) is 5.06. The molecule has 2 aliphatic rings. The molecule has 2 rings (SSSR count). The van der Waals surface area contributed by atoms with Crippen LogP contribution in [-0.2, 0) is 0 Å². The molecule has 0 radical (unpaired) electrons. The van der Waals surface area contributed by atoms with E-state index in [2.05, 4.69) is 29.0 Å². The van der Waals surface area contributed by atoms with Crippen molar-refractivity contribution in [2.24, 2.45) is 5.41 Å². The van der Waals surface area contributed by atoms with Gasteiger partial charge in [0.25, 0.3) is 0 Å². The number of aliphatic hydroxyl groups is 1. The number of hydrogen-bond donors (Lipinski definition) is 3. The van der Waals surface area contributed by atoms with Crippen molar-refractivity contribution in [1.82, 2.24) is 15.5 Å². The van der Waals surface area contributed by atoms with E-state index in [0.29, 0.717) is 0 Å². The number of urea groups is 1. The van der Waals surface area contributed by atoms with Crippen molar-refractivity contribution < 1.29 is 9.90 Å². The number of aliphatic hydroxyl groups excluding tert-OH is 1. The van der Waals surface area contributed by atoms with Crippen LogP contribution in [0.5, 0.6) is 0 Å². The molecular weight excluding hydrogens is 266 g/mol. The molecular formula is C16H29N3O2. The molecule has 2 unspecified atom stereocenters. The second-order valence-electron chi connectivity index (χ2n) is 6.74. The molecule has 3 N–H and O–H groups in total. The molecule has 0 bridgehead atoms. The molecule has 0 aromatic carbocycles. The molecule has 0 aromatic heterocycles. The maximum absolute atomic E-state index is 12.1. The van der Waals surface area contributed by atoms with E-state index in [4.69, 9.17) is 0 Å². The average Bonchev–Trinajstić information content (AvgIpc) is 2.83. The number of carbonyl (C=O) groups is 1. The minimum absolute atomic E-state index is 0.0799. The van der Waals surface area contributed by atoms with Crippen molar-refractivity contribution in [3.05, 3.63) is 12.7 Å². The molecule has 2 amide bonds. The monoisotopic (exact) mass is 295 g/mol. The lowest BCUT2D eigenvalue weighted by Crippen LogP contribution is -2.52. The van der Waals surface area contributed by atoms with Gasteiger partial charge in [0, 0.05) is 37.1 Å². The van der Waals surface area contributed by atoms with Gasteiger partial charge in [-0.15, -0.1) is 6.58 Å². The molecule has 5 nitrogen and oxygen atoms in total. The molecule has 21 heavy (non-hydrogen) atoms. The fourth-order valence-corrected chi connectivity index (χ4v) is 3.50. The van der Waals surface area contributed by atoms with Crippen molar-refractivity contribution in [2.45, 2.75) is 51.1 Å². The molecule has 1 saturated heterocycles. The van der Waals surface area contributed by atoms with Crippen LogP contribution in [0.15, 0.2) is 12.7 Å². The minimum Gasteiger partial charge on any atom is -0.396 e. The molecule has 2 fully saturated rings. The van der Waals surface area contributed by atoms with E-state index in [-0.39, 0.29) is 30.1 Å². The van der Waals surface area contributed by atoms with Crippen LogP contribution in [0.25, 0.3) is 0 Å². The highest BCUT2D eigenvalue weighted by Gasteiger charge is 2.39. The first kappa shape index (κ1) is 16.3. The molecule has 2 atom stereocenters. The first-order valence-electron chi connectivity index (χ1n) is 8.08. The first-order valence-corrected chi connectivity index (χ1v) is 8.08. The smallest absolute Gasteiger partial charge is 0.315 e. The Balaban J connectivity index is 1.74. The summed E-state index contributed by atoms with van der Waals surface area (Å²) in [6.45, 7) is 8.89. The fourth-order valence-electron chi connectivity index (χ4n) is 3.50. The summed E-state index contributed by atoms with van der Waals surface area (Å²) < 4.78 is 0. The van der Waals surface area contributed by atoms with E-state index in [0.717, 1.165) is 51.7 Å².